The van der Waals surface area contributed by atoms with Gasteiger partial charge < -0.3 is 4.90 Å². The van der Waals surface area contributed by atoms with Crippen LogP contribution in [0.25, 0.3) is 11.0 Å². The molecule has 176 valence electrons. The minimum absolute atomic E-state index is 0.0406. The second-order valence-electron chi connectivity index (χ2n) is 8.70. The molecule has 0 radical (unpaired) electrons. The third kappa shape index (κ3) is 4.23. The Labute approximate surface area is 189 Å². The maximum atomic E-state index is 13.1. The highest BCUT2D eigenvalue weighted by Gasteiger charge is 2.35. The van der Waals surface area contributed by atoms with Crippen molar-refractivity contribution in [1.82, 2.24) is 22.6 Å². The zero-order valence-corrected chi connectivity index (χ0v) is 19.8. The molecule has 0 N–H and O–H groups in total. The number of imidazole rings is 1. The van der Waals surface area contributed by atoms with Gasteiger partial charge in [-0.1, -0.05) is 31.4 Å². The molecule has 1 saturated heterocycles. The van der Waals surface area contributed by atoms with E-state index in [-0.39, 0.29) is 37.3 Å². The number of para-hydroxylation sites is 2. The number of aromatic nitrogens is 2. The highest BCUT2D eigenvalue weighted by molar-refractivity contribution is 7.86. The van der Waals surface area contributed by atoms with Crippen LogP contribution in [0.4, 0.5) is 0 Å². The molecule has 0 bridgehead atoms. The van der Waals surface area contributed by atoms with E-state index in [1.54, 1.807) is 16.5 Å². The molecule has 2 aliphatic rings. The van der Waals surface area contributed by atoms with Gasteiger partial charge in [0, 0.05) is 45.8 Å². The minimum Gasteiger partial charge on any atom is -0.338 e. The third-order valence-corrected chi connectivity index (χ3v) is 8.95. The number of rotatable bonds is 6. The molecule has 1 amide bonds. The first kappa shape index (κ1) is 23.0. The van der Waals surface area contributed by atoms with Gasteiger partial charge in [-0.3, -0.25) is 13.9 Å². The van der Waals surface area contributed by atoms with Crippen LogP contribution in [0, 0.1) is 0 Å². The average molecular weight is 464 g/mol. The molecule has 32 heavy (non-hydrogen) atoms. The van der Waals surface area contributed by atoms with Crippen molar-refractivity contribution in [2.45, 2.75) is 58.2 Å². The molecule has 0 spiro atoms. The van der Waals surface area contributed by atoms with Gasteiger partial charge in [-0.25, -0.2) is 4.79 Å². The topological polar surface area (TPSA) is 87.9 Å². The van der Waals surface area contributed by atoms with Crippen molar-refractivity contribution in [3.63, 3.8) is 0 Å². The maximum absolute atomic E-state index is 13.1. The van der Waals surface area contributed by atoms with E-state index in [2.05, 4.69) is 0 Å². The summed E-state index contributed by atoms with van der Waals surface area (Å²) in [6, 6.07) is 7.53. The highest BCUT2D eigenvalue weighted by atomic mass is 32.2. The molecule has 1 aliphatic carbocycles. The maximum Gasteiger partial charge on any atom is 0.329 e. The first-order chi connectivity index (χ1) is 15.3. The number of amides is 1. The largest absolute Gasteiger partial charge is 0.338 e. The summed E-state index contributed by atoms with van der Waals surface area (Å²) in [7, 11) is -1.86. The highest BCUT2D eigenvalue weighted by Crippen LogP contribution is 2.25. The van der Waals surface area contributed by atoms with E-state index in [0.717, 1.165) is 36.7 Å². The molecule has 1 saturated carbocycles. The number of piperazine rings is 1. The van der Waals surface area contributed by atoms with Crippen LogP contribution in [0.5, 0.6) is 0 Å². The van der Waals surface area contributed by atoms with E-state index in [4.69, 9.17) is 0 Å². The lowest BCUT2D eigenvalue weighted by Crippen LogP contribution is -2.55. The summed E-state index contributed by atoms with van der Waals surface area (Å²) in [5.74, 6) is -0.163. The molecule has 2 heterocycles. The normalized spacial score (nSPS) is 19.2. The van der Waals surface area contributed by atoms with Crippen molar-refractivity contribution in [1.29, 1.82) is 0 Å². The molecule has 10 heteroatoms. The van der Waals surface area contributed by atoms with Crippen LogP contribution in [0.15, 0.2) is 29.1 Å². The quantitative estimate of drug-likeness (QED) is 0.649. The molecule has 9 nitrogen and oxygen atoms in total. The van der Waals surface area contributed by atoms with Crippen LogP contribution in [-0.2, 0) is 28.1 Å². The first-order valence-electron chi connectivity index (χ1n) is 11.5. The zero-order chi connectivity index (χ0) is 22.9. The van der Waals surface area contributed by atoms with E-state index < -0.39 is 10.2 Å². The number of hydrogen-bond acceptors (Lipinski definition) is 4. The fourth-order valence-electron chi connectivity index (χ4n) is 4.95. The van der Waals surface area contributed by atoms with Crippen LogP contribution in [0.1, 0.15) is 39.0 Å². The Bertz CT molecular complexity index is 1120. The predicted molar refractivity (Wildman–Crippen MR) is 124 cm³/mol. The summed E-state index contributed by atoms with van der Waals surface area (Å²) in [6.07, 6.45) is 5.13. The van der Waals surface area contributed by atoms with Gasteiger partial charge in [-0.2, -0.15) is 17.0 Å². The second-order valence-corrected chi connectivity index (χ2v) is 10.7. The van der Waals surface area contributed by atoms with Crippen molar-refractivity contribution in [3.8, 4) is 0 Å². The van der Waals surface area contributed by atoms with Gasteiger partial charge in [0.15, 0.2) is 0 Å². The van der Waals surface area contributed by atoms with Gasteiger partial charge in [0.2, 0.25) is 5.91 Å². The van der Waals surface area contributed by atoms with Gasteiger partial charge in [-0.15, -0.1) is 0 Å². The number of carbonyl (C=O) groups excluding carboxylic acids is 1. The molecular weight excluding hydrogens is 430 g/mol. The Kier molecular flexibility index (Phi) is 6.73. The summed E-state index contributed by atoms with van der Waals surface area (Å²) >= 11 is 0. The lowest BCUT2D eigenvalue weighted by atomic mass is 9.96. The minimum atomic E-state index is -3.54. The average Bonchev–Trinajstić information content (AvgIpc) is 3.09. The Morgan fingerprint density at radius 2 is 1.59 bits per heavy atom. The second kappa shape index (κ2) is 9.36. The molecule has 2 fully saturated rings. The van der Waals surface area contributed by atoms with Gasteiger partial charge in [0.25, 0.3) is 10.2 Å². The monoisotopic (exact) mass is 463 g/mol. The lowest BCUT2D eigenvalue weighted by molar-refractivity contribution is -0.133. The third-order valence-electron chi connectivity index (χ3n) is 6.91. The molecular formula is C22H33N5O4S. The van der Waals surface area contributed by atoms with Crippen LogP contribution in [0.3, 0.4) is 0 Å². The summed E-state index contributed by atoms with van der Waals surface area (Å²) in [5.41, 5.74) is 1.36. The van der Waals surface area contributed by atoms with Crippen LogP contribution < -0.4 is 5.69 Å². The Morgan fingerprint density at radius 3 is 2.19 bits per heavy atom. The van der Waals surface area contributed by atoms with Gasteiger partial charge >= 0.3 is 5.69 Å². The predicted octanol–water partition coefficient (Wildman–Crippen LogP) is 1.48. The van der Waals surface area contributed by atoms with E-state index in [9.17, 15) is 18.0 Å². The number of fused-ring (bicyclic) bond motifs is 1. The molecule has 0 unspecified atom stereocenters. The fourth-order valence-corrected chi connectivity index (χ4v) is 6.53. The number of hydrogen-bond donors (Lipinski definition) is 0. The Balaban J connectivity index is 1.42. The lowest BCUT2D eigenvalue weighted by Gasteiger charge is -2.38. The molecule has 1 aromatic carbocycles. The standard InChI is InChI=1S/C22H33N5O4S/c1-3-26-19-11-7-8-12-20(19)27(22(26)29)17-21(28)24-13-15-25(16-14-24)32(30,31)23(2)18-9-5-4-6-10-18/h7-8,11-12,18H,3-6,9-10,13-17H2,1-2H3. The van der Waals surface area contributed by atoms with E-state index >= 15 is 0 Å². The van der Waals surface area contributed by atoms with Crippen molar-refractivity contribution in [3.05, 3.63) is 34.7 Å². The van der Waals surface area contributed by atoms with E-state index in [1.165, 1.54) is 19.6 Å². The van der Waals surface area contributed by atoms with Crippen LogP contribution in [0.2, 0.25) is 0 Å². The van der Waals surface area contributed by atoms with Gasteiger partial charge in [0.05, 0.1) is 11.0 Å². The van der Waals surface area contributed by atoms with Gasteiger partial charge in [0.1, 0.15) is 6.54 Å². The zero-order valence-electron chi connectivity index (χ0n) is 18.9. The van der Waals surface area contributed by atoms with Crippen molar-refractivity contribution in [2.24, 2.45) is 0 Å². The molecule has 4 rings (SSSR count). The Hall–Kier alpha value is -2.17. The first-order valence-corrected chi connectivity index (χ1v) is 12.9. The van der Waals surface area contributed by atoms with E-state index in [0.29, 0.717) is 19.6 Å². The van der Waals surface area contributed by atoms with Gasteiger partial charge in [-0.05, 0) is 31.9 Å². The van der Waals surface area contributed by atoms with Crippen LogP contribution >= 0.6 is 0 Å². The van der Waals surface area contributed by atoms with Crippen molar-refractivity contribution in [2.75, 3.05) is 33.2 Å². The molecule has 1 aromatic heterocycles. The van der Waals surface area contributed by atoms with Crippen molar-refractivity contribution < 1.29 is 13.2 Å². The summed E-state index contributed by atoms with van der Waals surface area (Å²) in [4.78, 5) is 27.4. The number of carbonyl (C=O) groups is 1. The molecule has 2 aromatic rings. The molecule has 1 aliphatic heterocycles. The smallest absolute Gasteiger partial charge is 0.329 e. The number of nitrogens with zero attached hydrogens (tertiary/aromatic N) is 5. The van der Waals surface area contributed by atoms with Crippen LogP contribution in [-0.4, -0.2) is 76.2 Å². The number of aryl methyl sites for hydroxylation is 1. The SMILES string of the molecule is CCn1c(=O)n(CC(=O)N2CCN(S(=O)(=O)N(C)C3CCCCC3)CC2)c2ccccc21. The van der Waals surface area contributed by atoms with Crippen molar-refractivity contribution >= 4 is 27.1 Å². The molecule has 0 atom stereocenters. The fraction of sp³-hybridized carbons (Fsp3) is 0.636. The summed E-state index contributed by atoms with van der Waals surface area (Å²) < 4.78 is 32.4. The summed E-state index contributed by atoms with van der Waals surface area (Å²) in [6.45, 7) is 3.61. The Morgan fingerprint density at radius 1 is 1.00 bits per heavy atom. The van der Waals surface area contributed by atoms with E-state index in [1.807, 2.05) is 31.2 Å². The summed E-state index contributed by atoms with van der Waals surface area (Å²) in [5, 5.41) is 0. The number of benzene rings is 1.